The summed E-state index contributed by atoms with van der Waals surface area (Å²) in [7, 11) is 0. The molecule has 0 spiro atoms. The van der Waals surface area contributed by atoms with Crippen molar-refractivity contribution in [3.63, 3.8) is 0 Å². The Balaban J connectivity index is 1.82. The first kappa shape index (κ1) is 10.8. The molecular weight excluding hydrogens is 202 g/mol. The summed E-state index contributed by atoms with van der Waals surface area (Å²) in [6.07, 6.45) is 3.67. The highest BCUT2D eigenvalue weighted by molar-refractivity contribution is 5.34. The van der Waals surface area contributed by atoms with Crippen molar-refractivity contribution in [2.75, 3.05) is 26.3 Å². The number of morpholine rings is 1. The average molecular weight is 217 g/mol. The van der Waals surface area contributed by atoms with E-state index in [9.17, 15) is 0 Å². The van der Waals surface area contributed by atoms with Gasteiger partial charge in [0, 0.05) is 19.3 Å². The van der Waals surface area contributed by atoms with E-state index >= 15 is 0 Å². The molecule has 1 fully saturated rings. The van der Waals surface area contributed by atoms with Gasteiger partial charge in [-0.3, -0.25) is 0 Å². The fraction of sp³-hybridized carbons (Fsp3) is 0.333. The topological polar surface area (TPSA) is 37.2 Å². The summed E-state index contributed by atoms with van der Waals surface area (Å²) in [5, 5.41) is 8.07. The van der Waals surface area contributed by atoms with E-state index in [2.05, 4.69) is 15.1 Å². The summed E-state index contributed by atoms with van der Waals surface area (Å²) in [5.74, 6) is 0. The van der Waals surface area contributed by atoms with Crippen LogP contribution in [0.3, 0.4) is 0 Å². The van der Waals surface area contributed by atoms with Gasteiger partial charge in [-0.15, -0.1) is 0 Å². The highest BCUT2D eigenvalue weighted by Gasteiger charge is 2.04. The van der Waals surface area contributed by atoms with Gasteiger partial charge in [0.2, 0.25) is 0 Å². The lowest BCUT2D eigenvalue weighted by atomic mass is 10.3. The maximum Gasteiger partial charge on any atom is 0.0856 e. The summed E-state index contributed by atoms with van der Waals surface area (Å²) < 4.78 is 5.25. The second kappa shape index (κ2) is 6.02. The summed E-state index contributed by atoms with van der Waals surface area (Å²) >= 11 is 0. The van der Waals surface area contributed by atoms with Crippen molar-refractivity contribution in [1.82, 2.24) is 4.90 Å². The van der Waals surface area contributed by atoms with E-state index in [-0.39, 0.29) is 0 Å². The fourth-order valence-electron chi connectivity index (χ4n) is 1.45. The van der Waals surface area contributed by atoms with E-state index in [0.717, 1.165) is 32.0 Å². The van der Waals surface area contributed by atoms with E-state index < -0.39 is 0 Å². The first-order valence-corrected chi connectivity index (χ1v) is 5.39. The molecule has 1 aromatic carbocycles. The first-order valence-electron chi connectivity index (χ1n) is 5.39. The molecule has 1 aliphatic heterocycles. The number of benzene rings is 1. The van der Waals surface area contributed by atoms with Crippen molar-refractivity contribution in [2.45, 2.75) is 0 Å². The third-order valence-electron chi connectivity index (χ3n) is 2.32. The van der Waals surface area contributed by atoms with Gasteiger partial charge in [-0.2, -0.15) is 10.2 Å². The number of ether oxygens (including phenoxy) is 1. The molecule has 4 heteroatoms. The van der Waals surface area contributed by atoms with Crippen molar-refractivity contribution in [3.05, 3.63) is 42.7 Å². The minimum absolute atomic E-state index is 0.792. The van der Waals surface area contributed by atoms with Gasteiger partial charge < -0.3 is 9.64 Å². The molecule has 0 bridgehead atoms. The highest BCUT2D eigenvalue weighted by Crippen LogP contribution is 2.10. The Morgan fingerprint density at radius 1 is 1.12 bits per heavy atom. The van der Waals surface area contributed by atoms with E-state index in [0.29, 0.717) is 0 Å². The summed E-state index contributed by atoms with van der Waals surface area (Å²) in [6, 6.07) is 9.70. The Morgan fingerprint density at radius 3 is 2.62 bits per heavy atom. The van der Waals surface area contributed by atoms with Crippen LogP contribution < -0.4 is 0 Å². The summed E-state index contributed by atoms with van der Waals surface area (Å²) in [6.45, 7) is 3.44. The van der Waals surface area contributed by atoms with Gasteiger partial charge in [0.25, 0.3) is 0 Å². The highest BCUT2D eigenvalue weighted by atomic mass is 16.5. The van der Waals surface area contributed by atoms with Crippen LogP contribution in [0.4, 0.5) is 5.69 Å². The van der Waals surface area contributed by atoms with Crippen molar-refractivity contribution < 1.29 is 4.74 Å². The maximum atomic E-state index is 5.25. The van der Waals surface area contributed by atoms with E-state index in [1.165, 1.54) is 0 Å². The second-order valence-corrected chi connectivity index (χ2v) is 3.50. The molecule has 1 heterocycles. The van der Waals surface area contributed by atoms with Crippen molar-refractivity contribution >= 4 is 5.69 Å². The standard InChI is InChI=1S/C12H15N3O/c1-2-4-12(5-3-1)14-13-6-7-15-8-10-16-11-9-15/h1-7H,8-11H2/b7-6+,14-13?. The van der Waals surface area contributed by atoms with Crippen LogP contribution in [0.15, 0.2) is 53.0 Å². The average Bonchev–Trinajstić information content (AvgIpc) is 2.37. The van der Waals surface area contributed by atoms with Gasteiger partial charge in [-0.05, 0) is 12.1 Å². The quantitative estimate of drug-likeness (QED) is 0.730. The van der Waals surface area contributed by atoms with Gasteiger partial charge >= 0.3 is 0 Å². The number of azo groups is 1. The predicted molar refractivity (Wildman–Crippen MR) is 62.5 cm³/mol. The maximum absolute atomic E-state index is 5.25. The predicted octanol–water partition coefficient (Wildman–Crippen LogP) is 2.57. The second-order valence-electron chi connectivity index (χ2n) is 3.50. The van der Waals surface area contributed by atoms with Crippen molar-refractivity contribution in [2.24, 2.45) is 10.2 Å². The Labute approximate surface area is 95.2 Å². The van der Waals surface area contributed by atoms with Crippen LogP contribution in [0.25, 0.3) is 0 Å². The number of nitrogens with zero attached hydrogens (tertiary/aromatic N) is 3. The molecule has 2 rings (SSSR count). The largest absolute Gasteiger partial charge is 0.378 e. The van der Waals surface area contributed by atoms with Gasteiger partial charge in [0.15, 0.2) is 0 Å². The molecule has 0 saturated carbocycles. The first-order chi connectivity index (χ1) is 7.95. The van der Waals surface area contributed by atoms with Crippen LogP contribution >= 0.6 is 0 Å². The van der Waals surface area contributed by atoms with Crippen molar-refractivity contribution in [1.29, 1.82) is 0 Å². The molecule has 1 aliphatic rings. The van der Waals surface area contributed by atoms with Crippen LogP contribution in [0.5, 0.6) is 0 Å². The van der Waals surface area contributed by atoms with Crippen LogP contribution in [0.1, 0.15) is 0 Å². The molecule has 0 unspecified atom stereocenters. The van der Waals surface area contributed by atoms with Gasteiger partial charge in [-0.1, -0.05) is 18.2 Å². The molecule has 0 aromatic heterocycles. The molecule has 1 aromatic rings. The minimum atomic E-state index is 0.792. The van der Waals surface area contributed by atoms with E-state index in [1.54, 1.807) is 6.20 Å². The van der Waals surface area contributed by atoms with Crippen LogP contribution in [-0.2, 0) is 4.74 Å². The Bertz CT molecular complexity index is 356. The Hall–Kier alpha value is -1.68. The van der Waals surface area contributed by atoms with E-state index in [4.69, 9.17) is 4.74 Å². The molecule has 0 atom stereocenters. The lowest BCUT2D eigenvalue weighted by Gasteiger charge is -2.24. The smallest absolute Gasteiger partial charge is 0.0856 e. The molecule has 1 saturated heterocycles. The molecule has 0 aliphatic carbocycles. The number of hydrogen-bond acceptors (Lipinski definition) is 4. The number of rotatable bonds is 3. The normalized spacial score (nSPS) is 17.4. The summed E-state index contributed by atoms with van der Waals surface area (Å²) in [5.41, 5.74) is 0.870. The monoisotopic (exact) mass is 217 g/mol. The lowest BCUT2D eigenvalue weighted by molar-refractivity contribution is 0.0593. The molecule has 16 heavy (non-hydrogen) atoms. The van der Waals surface area contributed by atoms with Crippen LogP contribution in [-0.4, -0.2) is 31.2 Å². The van der Waals surface area contributed by atoms with Crippen molar-refractivity contribution in [3.8, 4) is 0 Å². The van der Waals surface area contributed by atoms with Gasteiger partial charge in [0.1, 0.15) is 0 Å². The Morgan fingerprint density at radius 2 is 1.88 bits per heavy atom. The zero-order valence-electron chi connectivity index (χ0n) is 9.12. The van der Waals surface area contributed by atoms with E-state index in [1.807, 2.05) is 36.5 Å². The third-order valence-corrected chi connectivity index (χ3v) is 2.32. The molecule has 4 nitrogen and oxygen atoms in total. The third kappa shape index (κ3) is 3.47. The lowest BCUT2D eigenvalue weighted by Crippen LogP contribution is -2.31. The fourth-order valence-corrected chi connectivity index (χ4v) is 1.45. The Kier molecular flexibility index (Phi) is 4.08. The minimum Gasteiger partial charge on any atom is -0.378 e. The SMILES string of the molecule is C(=C\N1CCOCC1)/N=Nc1ccccc1. The zero-order valence-corrected chi connectivity index (χ0v) is 9.12. The molecule has 0 N–H and O–H groups in total. The molecule has 84 valence electrons. The molecular formula is C12H15N3O. The van der Waals surface area contributed by atoms with Crippen LogP contribution in [0.2, 0.25) is 0 Å². The zero-order chi connectivity index (χ0) is 11.1. The van der Waals surface area contributed by atoms with Crippen LogP contribution in [0, 0.1) is 0 Å². The number of hydrogen-bond donors (Lipinski definition) is 0. The van der Waals surface area contributed by atoms with Gasteiger partial charge in [-0.25, -0.2) is 0 Å². The summed E-state index contributed by atoms with van der Waals surface area (Å²) in [4.78, 5) is 2.17. The van der Waals surface area contributed by atoms with Gasteiger partial charge in [0.05, 0.1) is 25.1 Å². The molecule has 0 amide bonds. The molecule has 0 radical (unpaired) electrons.